The van der Waals surface area contributed by atoms with Gasteiger partial charge < -0.3 is 20.1 Å². The maximum absolute atomic E-state index is 6.39. The van der Waals surface area contributed by atoms with Gasteiger partial charge in [-0.05, 0) is 31.2 Å². The molecule has 0 aliphatic carbocycles. The molecule has 2 aliphatic heterocycles. The number of rotatable bonds is 4. The van der Waals surface area contributed by atoms with Gasteiger partial charge in [-0.1, -0.05) is 13.0 Å². The van der Waals surface area contributed by atoms with Crippen LogP contribution >= 0.6 is 0 Å². The van der Waals surface area contributed by atoms with Crippen molar-refractivity contribution in [3.05, 3.63) is 23.8 Å². The maximum atomic E-state index is 6.39. The Hall–Kier alpha value is -1.30. The van der Waals surface area contributed by atoms with Crippen LogP contribution in [0.2, 0.25) is 0 Å². The molecule has 0 radical (unpaired) electrons. The van der Waals surface area contributed by atoms with Gasteiger partial charge in [-0.2, -0.15) is 0 Å². The molecule has 2 aliphatic rings. The molecule has 1 aromatic carbocycles. The van der Waals surface area contributed by atoms with Crippen molar-refractivity contribution in [2.24, 2.45) is 5.73 Å². The lowest BCUT2D eigenvalue weighted by Crippen LogP contribution is -2.52. The standard InChI is InChI=1S/C16H25N3O2/c1-3-13-9-19(7-6-18(13)2)10-14(17)12-4-5-15-16(8-12)21-11-20-15/h4-5,8,13-14H,3,6-7,9-11,17H2,1-2H3. The van der Waals surface area contributed by atoms with Crippen molar-refractivity contribution in [1.29, 1.82) is 0 Å². The molecule has 0 saturated carbocycles. The Kier molecular flexibility index (Phi) is 4.33. The zero-order valence-electron chi connectivity index (χ0n) is 12.9. The van der Waals surface area contributed by atoms with Gasteiger partial charge in [-0.3, -0.25) is 4.90 Å². The van der Waals surface area contributed by atoms with Crippen LogP contribution in [-0.2, 0) is 0 Å². The van der Waals surface area contributed by atoms with Crippen molar-refractivity contribution >= 4 is 0 Å². The molecule has 21 heavy (non-hydrogen) atoms. The van der Waals surface area contributed by atoms with Crippen molar-refractivity contribution in [3.8, 4) is 11.5 Å². The Morgan fingerprint density at radius 2 is 2.10 bits per heavy atom. The van der Waals surface area contributed by atoms with Gasteiger partial charge in [0.05, 0.1) is 0 Å². The number of hydrogen-bond donors (Lipinski definition) is 1. The fraction of sp³-hybridized carbons (Fsp3) is 0.625. The molecule has 1 saturated heterocycles. The molecular formula is C16H25N3O2. The number of hydrogen-bond acceptors (Lipinski definition) is 5. The van der Waals surface area contributed by atoms with Crippen molar-refractivity contribution in [3.63, 3.8) is 0 Å². The van der Waals surface area contributed by atoms with Gasteiger partial charge >= 0.3 is 0 Å². The highest BCUT2D eigenvalue weighted by molar-refractivity contribution is 5.45. The summed E-state index contributed by atoms with van der Waals surface area (Å²) in [6, 6.07) is 6.67. The predicted molar refractivity (Wildman–Crippen MR) is 82.6 cm³/mol. The lowest BCUT2D eigenvalue weighted by atomic mass is 10.0. The summed E-state index contributed by atoms with van der Waals surface area (Å²) >= 11 is 0. The van der Waals surface area contributed by atoms with Gasteiger partial charge in [0.15, 0.2) is 11.5 Å². The summed E-state index contributed by atoms with van der Waals surface area (Å²) in [7, 11) is 2.21. The van der Waals surface area contributed by atoms with Crippen molar-refractivity contribution in [2.75, 3.05) is 40.0 Å². The van der Waals surface area contributed by atoms with Crippen LogP contribution in [0.3, 0.4) is 0 Å². The molecule has 0 bridgehead atoms. The highest BCUT2D eigenvalue weighted by atomic mass is 16.7. The summed E-state index contributed by atoms with van der Waals surface area (Å²) in [5.74, 6) is 1.63. The normalized spacial score (nSPS) is 24.2. The molecule has 2 heterocycles. The second-order valence-corrected chi connectivity index (χ2v) is 6.02. The fourth-order valence-corrected chi connectivity index (χ4v) is 3.14. The number of ether oxygens (including phenoxy) is 2. The Morgan fingerprint density at radius 1 is 1.29 bits per heavy atom. The number of fused-ring (bicyclic) bond motifs is 1. The van der Waals surface area contributed by atoms with Crippen molar-refractivity contribution in [2.45, 2.75) is 25.4 Å². The average Bonchev–Trinajstić information content (AvgIpc) is 2.96. The zero-order valence-corrected chi connectivity index (χ0v) is 12.9. The molecule has 2 atom stereocenters. The first-order chi connectivity index (χ1) is 10.2. The first-order valence-corrected chi connectivity index (χ1v) is 7.75. The smallest absolute Gasteiger partial charge is 0.231 e. The number of nitrogens with two attached hydrogens (primary N) is 1. The molecule has 1 fully saturated rings. The largest absolute Gasteiger partial charge is 0.454 e. The summed E-state index contributed by atoms with van der Waals surface area (Å²) in [5.41, 5.74) is 7.51. The number of benzene rings is 1. The Bertz CT molecular complexity index is 494. The Morgan fingerprint density at radius 3 is 2.90 bits per heavy atom. The van der Waals surface area contributed by atoms with E-state index in [1.807, 2.05) is 18.2 Å². The van der Waals surface area contributed by atoms with E-state index in [4.69, 9.17) is 15.2 Å². The van der Waals surface area contributed by atoms with Gasteiger partial charge in [0.2, 0.25) is 6.79 Å². The third kappa shape index (κ3) is 3.15. The Labute approximate surface area is 126 Å². The lowest BCUT2D eigenvalue weighted by Gasteiger charge is -2.40. The van der Waals surface area contributed by atoms with Gasteiger partial charge in [0, 0.05) is 38.3 Å². The third-order valence-corrected chi connectivity index (χ3v) is 4.61. The minimum atomic E-state index is 0.0143. The van der Waals surface area contributed by atoms with Gasteiger partial charge in [-0.25, -0.2) is 0 Å². The van der Waals surface area contributed by atoms with E-state index in [0.29, 0.717) is 12.8 Å². The summed E-state index contributed by atoms with van der Waals surface area (Å²) in [4.78, 5) is 4.92. The first kappa shape index (κ1) is 14.6. The first-order valence-electron chi connectivity index (χ1n) is 7.75. The summed E-state index contributed by atoms with van der Waals surface area (Å²) in [6.45, 7) is 6.76. The molecule has 3 rings (SSSR count). The minimum absolute atomic E-state index is 0.0143. The Balaban J connectivity index is 1.62. The van der Waals surface area contributed by atoms with Crippen LogP contribution in [0.5, 0.6) is 11.5 Å². The molecule has 5 heteroatoms. The van der Waals surface area contributed by atoms with Crippen LogP contribution in [0.1, 0.15) is 24.9 Å². The summed E-state index contributed by atoms with van der Waals surface area (Å²) in [5, 5.41) is 0. The zero-order chi connectivity index (χ0) is 14.8. The molecule has 0 amide bonds. The molecule has 1 aromatic rings. The van der Waals surface area contributed by atoms with E-state index in [0.717, 1.165) is 43.2 Å². The van der Waals surface area contributed by atoms with Gasteiger partial charge in [-0.15, -0.1) is 0 Å². The van der Waals surface area contributed by atoms with E-state index in [2.05, 4.69) is 23.8 Å². The summed E-state index contributed by atoms with van der Waals surface area (Å²) in [6.07, 6.45) is 1.19. The second-order valence-electron chi connectivity index (χ2n) is 6.02. The van der Waals surface area contributed by atoms with Crippen LogP contribution in [0, 0.1) is 0 Å². The minimum Gasteiger partial charge on any atom is -0.454 e. The topological polar surface area (TPSA) is 51.0 Å². The molecule has 0 aromatic heterocycles. The second kappa shape index (κ2) is 6.22. The highest BCUT2D eigenvalue weighted by Crippen LogP contribution is 2.34. The third-order valence-electron chi connectivity index (χ3n) is 4.61. The number of likely N-dealkylation sites (N-methyl/N-ethyl adjacent to an activating group) is 1. The molecule has 2 N–H and O–H groups in total. The monoisotopic (exact) mass is 291 g/mol. The predicted octanol–water partition coefficient (Wildman–Crippen LogP) is 1.44. The van der Waals surface area contributed by atoms with E-state index in [9.17, 15) is 0 Å². The lowest BCUT2D eigenvalue weighted by molar-refractivity contribution is 0.0890. The van der Waals surface area contributed by atoms with E-state index in [1.165, 1.54) is 6.42 Å². The molecule has 116 valence electrons. The molecular weight excluding hydrogens is 266 g/mol. The SMILES string of the molecule is CCC1CN(CC(N)c2ccc3c(c2)OCO3)CCN1C. The molecule has 2 unspecified atom stereocenters. The van der Waals surface area contributed by atoms with Crippen LogP contribution in [-0.4, -0.2) is 55.9 Å². The summed E-state index contributed by atoms with van der Waals surface area (Å²) < 4.78 is 10.8. The van der Waals surface area contributed by atoms with E-state index in [1.54, 1.807) is 0 Å². The average molecular weight is 291 g/mol. The molecule has 0 spiro atoms. The fourth-order valence-electron chi connectivity index (χ4n) is 3.14. The van der Waals surface area contributed by atoms with Crippen LogP contribution in [0.15, 0.2) is 18.2 Å². The van der Waals surface area contributed by atoms with E-state index in [-0.39, 0.29) is 6.04 Å². The molecule has 5 nitrogen and oxygen atoms in total. The maximum Gasteiger partial charge on any atom is 0.231 e. The number of nitrogens with zero attached hydrogens (tertiary/aromatic N) is 2. The van der Waals surface area contributed by atoms with Gasteiger partial charge in [0.1, 0.15) is 0 Å². The van der Waals surface area contributed by atoms with Crippen LogP contribution in [0.4, 0.5) is 0 Å². The quantitative estimate of drug-likeness (QED) is 0.910. The van der Waals surface area contributed by atoms with E-state index >= 15 is 0 Å². The van der Waals surface area contributed by atoms with E-state index < -0.39 is 0 Å². The number of piperazine rings is 1. The van der Waals surface area contributed by atoms with Crippen LogP contribution < -0.4 is 15.2 Å². The highest BCUT2D eigenvalue weighted by Gasteiger charge is 2.24. The van der Waals surface area contributed by atoms with Crippen LogP contribution in [0.25, 0.3) is 0 Å². The van der Waals surface area contributed by atoms with Crippen molar-refractivity contribution < 1.29 is 9.47 Å². The van der Waals surface area contributed by atoms with Crippen molar-refractivity contribution in [1.82, 2.24) is 9.80 Å². The van der Waals surface area contributed by atoms with Gasteiger partial charge in [0.25, 0.3) is 0 Å².